The highest BCUT2D eigenvalue weighted by Crippen LogP contribution is 2.35. The van der Waals surface area contributed by atoms with Crippen LogP contribution in [0.5, 0.6) is 0 Å². The normalized spacial score (nSPS) is 12.4. The minimum Gasteiger partial charge on any atom is -0.419 e. The van der Waals surface area contributed by atoms with Crippen molar-refractivity contribution in [3.05, 3.63) is 53.2 Å². The zero-order valence-electron chi connectivity index (χ0n) is 14.6. The standard InChI is InChI=1S/C18H17N5OS2/c1-11-6-8-13(9-7-11)17-21-20-16(24-17)12(2)26-18-22-19-15(23(18)3)14-5-4-10-25-14/h4-10,12H,1-3H3. The Morgan fingerprint density at radius 1 is 1.08 bits per heavy atom. The fraction of sp³-hybridized carbons (Fsp3) is 0.222. The van der Waals surface area contributed by atoms with Crippen molar-refractivity contribution in [2.24, 2.45) is 7.05 Å². The van der Waals surface area contributed by atoms with Gasteiger partial charge >= 0.3 is 0 Å². The molecule has 6 nitrogen and oxygen atoms in total. The molecule has 0 saturated carbocycles. The number of nitrogens with zero attached hydrogens (tertiary/aromatic N) is 5. The van der Waals surface area contributed by atoms with Gasteiger partial charge in [0.25, 0.3) is 0 Å². The lowest BCUT2D eigenvalue weighted by molar-refractivity contribution is 0.508. The molecule has 3 aromatic heterocycles. The summed E-state index contributed by atoms with van der Waals surface area (Å²) in [5.74, 6) is 1.97. The van der Waals surface area contributed by atoms with E-state index in [0.29, 0.717) is 11.8 Å². The van der Waals surface area contributed by atoms with Gasteiger partial charge in [-0.3, -0.25) is 0 Å². The summed E-state index contributed by atoms with van der Waals surface area (Å²) in [5.41, 5.74) is 2.12. The predicted molar refractivity (Wildman–Crippen MR) is 103 cm³/mol. The van der Waals surface area contributed by atoms with Gasteiger partial charge in [0.2, 0.25) is 11.8 Å². The number of thiophene rings is 1. The van der Waals surface area contributed by atoms with Gasteiger partial charge < -0.3 is 8.98 Å². The summed E-state index contributed by atoms with van der Waals surface area (Å²) in [6.07, 6.45) is 0. The van der Waals surface area contributed by atoms with E-state index in [9.17, 15) is 0 Å². The van der Waals surface area contributed by atoms with Gasteiger partial charge in [0.15, 0.2) is 11.0 Å². The Kier molecular flexibility index (Phi) is 4.60. The molecule has 0 saturated heterocycles. The molecule has 0 bridgehead atoms. The van der Waals surface area contributed by atoms with Crippen molar-refractivity contribution in [3.63, 3.8) is 0 Å². The second kappa shape index (κ2) is 7.05. The summed E-state index contributed by atoms with van der Waals surface area (Å²) in [4.78, 5) is 1.10. The van der Waals surface area contributed by atoms with Gasteiger partial charge in [-0.15, -0.1) is 31.7 Å². The SMILES string of the molecule is Cc1ccc(-c2nnc(C(C)Sc3nnc(-c4cccs4)n3C)o2)cc1. The summed E-state index contributed by atoms with van der Waals surface area (Å²) < 4.78 is 7.85. The Hall–Kier alpha value is -2.45. The molecule has 26 heavy (non-hydrogen) atoms. The third-order valence-corrected chi connectivity index (χ3v) is 5.93. The lowest BCUT2D eigenvalue weighted by Gasteiger charge is -2.06. The van der Waals surface area contributed by atoms with E-state index in [0.717, 1.165) is 21.4 Å². The Morgan fingerprint density at radius 3 is 2.62 bits per heavy atom. The third-order valence-electron chi connectivity index (χ3n) is 3.95. The van der Waals surface area contributed by atoms with Crippen LogP contribution < -0.4 is 0 Å². The maximum Gasteiger partial charge on any atom is 0.247 e. The van der Waals surface area contributed by atoms with Crippen LogP contribution in [-0.4, -0.2) is 25.0 Å². The van der Waals surface area contributed by atoms with Crippen molar-refractivity contribution in [2.75, 3.05) is 0 Å². The molecule has 0 aliphatic heterocycles. The average molecular weight is 384 g/mol. The van der Waals surface area contributed by atoms with Crippen molar-refractivity contribution >= 4 is 23.1 Å². The average Bonchev–Trinajstić information content (AvgIpc) is 3.37. The van der Waals surface area contributed by atoms with Crippen LogP contribution in [0, 0.1) is 6.92 Å². The maximum atomic E-state index is 5.86. The van der Waals surface area contributed by atoms with Gasteiger partial charge in [-0.05, 0) is 37.4 Å². The molecule has 4 aromatic rings. The first-order valence-corrected chi connectivity index (χ1v) is 9.88. The molecule has 0 radical (unpaired) electrons. The van der Waals surface area contributed by atoms with Crippen LogP contribution in [0.3, 0.4) is 0 Å². The zero-order valence-corrected chi connectivity index (χ0v) is 16.2. The molecule has 1 aromatic carbocycles. The molecule has 0 amide bonds. The Morgan fingerprint density at radius 2 is 1.88 bits per heavy atom. The lowest BCUT2D eigenvalue weighted by Crippen LogP contribution is -1.96. The summed E-state index contributed by atoms with van der Waals surface area (Å²) in [7, 11) is 1.97. The Balaban J connectivity index is 1.52. The molecule has 4 rings (SSSR count). The highest BCUT2D eigenvalue weighted by Gasteiger charge is 2.20. The van der Waals surface area contributed by atoms with E-state index < -0.39 is 0 Å². The Bertz CT molecular complexity index is 1000. The van der Waals surface area contributed by atoms with Crippen LogP contribution in [-0.2, 0) is 7.05 Å². The van der Waals surface area contributed by atoms with E-state index in [2.05, 4.69) is 20.4 Å². The molecule has 0 spiro atoms. The topological polar surface area (TPSA) is 69.6 Å². The number of benzene rings is 1. The molecule has 132 valence electrons. The molecule has 0 N–H and O–H groups in total. The highest BCUT2D eigenvalue weighted by atomic mass is 32.2. The summed E-state index contributed by atoms with van der Waals surface area (Å²) >= 11 is 3.20. The Labute approximate surface area is 159 Å². The van der Waals surface area contributed by atoms with Gasteiger partial charge in [0.05, 0.1) is 10.1 Å². The number of aromatic nitrogens is 5. The van der Waals surface area contributed by atoms with Crippen LogP contribution in [0.25, 0.3) is 22.2 Å². The van der Waals surface area contributed by atoms with Crippen molar-refractivity contribution in [3.8, 4) is 22.2 Å². The van der Waals surface area contributed by atoms with E-state index in [-0.39, 0.29) is 5.25 Å². The number of aryl methyl sites for hydroxylation is 1. The van der Waals surface area contributed by atoms with Crippen LogP contribution in [0.2, 0.25) is 0 Å². The fourth-order valence-corrected chi connectivity index (χ4v) is 4.05. The zero-order chi connectivity index (χ0) is 18.1. The van der Waals surface area contributed by atoms with Crippen LogP contribution in [0.15, 0.2) is 51.4 Å². The molecular formula is C18H17N5OS2. The smallest absolute Gasteiger partial charge is 0.247 e. The quantitative estimate of drug-likeness (QED) is 0.463. The number of hydrogen-bond donors (Lipinski definition) is 0. The van der Waals surface area contributed by atoms with E-state index >= 15 is 0 Å². The van der Waals surface area contributed by atoms with Crippen molar-refractivity contribution < 1.29 is 4.42 Å². The van der Waals surface area contributed by atoms with Crippen molar-refractivity contribution in [1.29, 1.82) is 0 Å². The van der Waals surface area contributed by atoms with Gasteiger partial charge in [-0.2, -0.15) is 0 Å². The summed E-state index contributed by atoms with van der Waals surface area (Å²) in [6.45, 7) is 4.07. The van der Waals surface area contributed by atoms with E-state index in [1.54, 1.807) is 23.1 Å². The first kappa shape index (κ1) is 17.0. The van der Waals surface area contributed by atoms with Crippen LogP contribution >= 0.6 is 23.1 Å². The molecule has 8 heteroatoms. The fourth-order valence-electron chi connectivity index (χ4n) is 2.46. The van der Waals surface area contributed by atoms with Crippen molar-refractivity contribution in [1.82, 2.24) is 25.0 Å². The molecule has 1 unspecified atom stereocenters. The number of hydrogen-bond acceptors (Lipinski definition) is 7. The third kappa shape index (κ3) is 3.30. The maximum absolute atomic E-state index is 5.86. The van der Waals surface area contributed by atoms with Gasteiger partial charge in [-0.25, -0.2) is 0 Å². The van der Waals surface area contributed by atoms with Gasteiger partial charge in [0, 0.05) is 12.6 Å². The van der Waals surface area contributed by atoms with Crippen LogP contribution in [0.4, 0.5) is 0 Å². The molecule has 0 aliphatic rings. The second-order valence-corrected chi connectivity index (χ2v) is 8.17. The molecule has 1 atom stereocenters. The molecule has 0 aliphatic carbocycles. The van der Waals surface area contributed by atoms with Crippen LogP contribution in [0.1, 0.15) is 23.6 Å². The number of thioether (sulfide) groups is 1. The second-order valence-electron chi connectivity index (χ2n) is 5.91. The first-order chi connectivity index (χ1) is 12.6. The van der Waals surface area contributed by atoms with Gasteiger partial charge in [0.1, 0.15) is 0 Å². The first-order valence-electron chi connectivity index (χ1n) is 8.12. The van der Waals surface area contributed by atoms with E-state index in [4.69, 9.17) is 4.42 Å². The lowest BCUT2D eigenvalue weighted by atomic mass is 10.1. The predicted octanol–water partition coefficient (Wildman–Crippen LogP) is 4.76. The van der Waals surface area contributed by atoms with Crippen molar-refractivity contribution in [2.45, 2.75) is 24.3 Å². The largest absolute Gasteiger partial charge is 0.419 e. The monoisotopic (exact) mass is 383 g/mol. The molecule has 0 fully saturated rings. The minimum absolute atomic E-state index is 0.0271. The molecule has 3 heterocycles. The minimum atomic E-state index is -0.0271. The summed E-state index contributed by atoms with van der Waals surface area (Å²) in [6, 6.07) is 12.1. The van der Waals surface area contributed by atoms with E-state index in [1.165, 1.54) is 5.56 Å². The highest BCUT2D eigenvalue weighted by molar-refractivity contribution is 7.99. The van der Waals surface area contributed by atoms with Gasteiger partial charge in [-0.1, -0.05) is 35.5 Å². The number of rotatable bonds is 5. The van der Waals surface area contributed by atoms with E-state index in [1.807, 2.05) is 67.2 Å². The summed E-state index contributed by atoms with van der Waals surface area (Å²) in [5, 5.41) is 19.8. The molecular weight excluding hydrogens is 366 g/mol.